The molecule has 1 saturated heterocycles. The lowest BCUT2D eigenvalue weighted by Crippen LogP contribution is -2.48. The van der Waals surface area contributed by atoms with Crippen LogP contribution in [-0.4, -0.2) is 56.8 Å². The van der Waals surface area contributed by atoms with Gasteiger partial charge < -0.3 is 5.32 Å². The van der Waals surface area contributed by atoms with Gasteiger partial charge >= 0.3 is 0 Å². The first-order valence-corrected chi connectivity index (χ1v) is 9.24. The number of benzene rings is 1. The zero-order chi connectivity index (χ0) is 18.6. The van der Waals surface area contributed by atoms with Crippen molar-refractivity contribution in [3.05, 3.63) is 28.3 Å². The number of hydrogen-bond acceptors (Lipinski definition) is 6. The molecule has 0 spiro atoms. The maximum Gasteiger partial charge on any atom is 0.293 e. The van der Waals surface area contributed by atoms with Gasteiger partial charge in [0.15, 0.2) is 0 Å². The normalized spacial score (nSPS) is 19.1. The van der Waals surface area contributed by atoms with E-state index in [9.17, 15) is 27.3 Å². The van der Waals surface area contributed by atoms with Gasteiger partial charge in [0.05, 0.1) is 15.9 Å². The van der Waals surface area contributed by atoms with Crippen molar-refractivity contribution in [2.24, 2.45) is 5.14 Å². The van der Waals surface area contributed by atoms with Gasteiger partial charge in [0.1, 0.15) is 19.0 Å². The van der Waals surface area contributed by atoms with E-state index in [2.05, 4.69) is 5.32 Å². The van der Waals surface area contributed by atoms with E-state index in [4.69, 9.17) is 5.14 Å². The quantitative estimate of drug-likeness (QED) is 0.547. The minimum atomic E-state index is -4.06. The number of primary sulfonamides is 1. The molecule has 1 aromatic carbocycles. The van der Waals surface area contributed by atoms with Crippen LogP contribution in [-0.2, 0) is 10.0 Å². The average molecular weight is 378 g/mol. The standard InChI is InChI=1S/C14H20F2N4O4S/c15-7-11(8-16)19-5-1-2-10(9-19)18-13-4-3-12(25(17,23)24)6-14(13)20(21)22/h3-4,6,10-11,18H,1-2,5,7-9H2,(H2,17,23,24)/t10-/m1/s1. The van der Waals surface area contributed by atoms with Crippen LogP contribution in [0.2, 0.25) is 0 Å². The smallest absolute Gasteiger partial charge is 0.293 e. The summed E-state index contributed by atoms with van der Waals surface area (Å²) < 4.78 is 48.4. The van der Waals surface area contributed by atoms with Gasteiger partial charge in [-0.1, -0.05) is 0 Å². The number of nitro groups is 1. The summed E-state index contributed by atoms with van der Waals surface area (Å²) in [4.78, 5) is 11.8. The molecule has 25 heavy (non-hydrogen) atoms. The van der Waals surface area contributed by atoms with E-state index in [1.165, 1.54) is 12.1 Å². The van der Waals surface area contributed by atoms with Crippen molar-refractivity contribution < 1.29 is 22.1 Å². The van der Waals surface area contributed by atoms with Crippen LogP contribution in [0.25, 0.3) is 0 Å². The Labute approximate surface area is 144 Å². The van der Waals surface area contributed by atoms with Crippen molar-refractivity contribution in [3.63, 3.8) is 0 Å². The summed E-state index contributed by atoms with van der Waals surface area (Å²) in [5.74, 6) is 0. The van der Waals surface area contributed by atoms with E-state index in [0.717, 1.165) is 6.07 Å². The highest BCUT2D eigenvalue weighted by molar-refractivity contribution is 7.89. The first kappa shape index (κ1) is 19.5. The lowest BCUT2D eigenvalue weighted by atomic mass is 10.0. The van der Waals surface area contributed by atoms with Crippen LogP contribution < -0.4 is 10.5 Å². The fourth-order valence-electron chi connectivity index (χ4n) is 2.87. The van der Waals surface area contributed by atoms with Gasteiger partial charge in [-0.15, -0.1) is 0 Å². The van der Waals surface area contributed by atoms with Crippen molar-refractivity contribution in [3.8, 4) is 0 Å². The van der Waals surface area contributed by atoms with Gasteiger partial charge in [0.25, 0.3) is 5.69 Å². The highest BCUT2D eigenvalue weighted by Gasteiger charge is 2.28. The summed E-state index contributed by atoms with van der Waals surface area (Å²) in [6.45, 7) is -0.700. The highest BCUT2D eigenvalue weighted by Crippen LogP contribution is 2.29. The van der Waals surface area contributed by atoms with Gasteiger partial charge in [-0.05, 0) is 31.5 Å². The third kappa shape index (κ3) is 4.83. The molecule has 0 aliphatic carbocycles. The van der Waals surface area contributed by atoms with E-state index in [1.807, 2.05) is 0 Å². The second kappa shape index (κ2) is 8.02. The van der Waals surface area contributed by atoms with Crippen LogP contribution in [0, 0.1) is 10.1 Å². The molecule has 0 saturated carbocycles. The predicted octanol–water partition coefficient (Wildman–Crippen LogP) is 1.43. The molecule has 1 aliphatic heterocycles. The Bertz CT molecular complexity index is 728. The summed E-state index contributed by atoms with van der Waals surface area (Å²) in [6, 6.07) is 2.29. The summed E-state index contributed by atoms with van der Waals surface area (Å²) in [7, 11) is -4.06. The molecule has 1 aliphatic rings. The Hall–Kier alpha value is -1.85. The Kier molecular flexibility index (Phi) is 6.25. The molecule has 140 valence electrons. The van der Waals surface area contributed by atoms with Crippen molar-refractivity contribution in [1.29, 1.82) is 0 Å². The van der Waals surface area contributed by atoms with Gasteiger partial charge in [-0.2, -0.15) is 0 Å². The van der Waals surface area contributed by atoms with E-state index in [1.54, 1.807) is 4.90 Å². The summed E-state index contributed by atoms with van der Waals surface area (Å²) in [5, 5.41) is 19.2. The number of nitrogens with one attached hydrogen (secondary N) is 1. The van der Waals surface area contributed by atoms with Crippen LogP contribution in [0.5, 0.6) is 0 Å². The summed E-state index contributed by atoms with van der Waals surface area (Å²) >= 11 is 0. The van der Waals surface area contributed by atoms with Crippen molar-refractivity contribution in [2.45, 2.75) is 29.8 Å². The van der Waals surface area contributed by atoms with Crippen molar-refractivity contribution in [2.75, 3.05) is 31.8 Å². The van der Waals surface area contributed by atoms with E-state index in [0.29, 0.717) is 25.9 Å². The minimum Gasteiger partial charge on any atom is -0.375 e. The molecule has 2 rings (SSSR count). The summed E-state index contributed by atoms with van der Waals surface area (Å²) in [6.07, 6.45) is 1.37. The van der Waals surface area contributed by atoms with Crippen molar-refractivity contribution in [1.82, 2.24) is 4.90 Å². The molecule has 1 aromatic rings. The number of nitro benzene ring substituents is 1. The third-order valence-corrected chi connectivity index (χ3v) is 5.09. The zero-order valence-electron chi connectivity index (χ0n) is 13.4. The lowest BCUT2D eigenvalue weighted by molar-refractivity contribution is -0.384. The number of sulfonamides is 1. The number of alkyl halides is 2. The third-order valence-electron chi connectivity index (χ3n) is 4.18. The number of likely N-dealkylation sites (tertiary alicyclic amines) is 1. The maximum absolute atomic E-state index is 12.9. The number of nitrogens with two attached hydrogens (primary N) is 1. The lowest BCUT2D eigenvalue weighted by Gasteiger charge is -2.36. The fraction of sp³-hybridized carbons (Fsp3) is 0.571. The molecule has 8 nitrogen and oxygen atoms in total. The number of halogens is 2. The van der Waals surface area contributed by atoms with Crippen molar-refractivity contribution >= 4 is 21.4 Å². The second-order valence-corrected chi connectivity index (χ2v) is 7.48. The van der Waals surface area contributed by atoms with Gasteiger partial charge in [-0.3, -0.25) is 15.0 Å². The largest absolute Gasteiger partial charge is 0.375 e. The first-order valence-electron chi connectivity index (χ1n) is 7.70. The first-order chi connectivity index (χ1) is 11.8. The number of piperidine rings is 1. The predicted molar refractivity (Wildman–Crippen MR) is 88.4 cm³/mol. The van der Waals surface area contributed by atoms with Crippen LogP contribution in [0.3, 0.4) is 0 Å². The second-order valence-electron chi connectivity index (χ2n) is 5.92. The highest BCUT2D eigenvalue weighted by atomic mass is 32.2. The Balaban J connectivity index is 2.20. The number of hydrogen-bond donors (Lipinski definition) is 2. The maximum atomic E-state index is 12.9. The molecule has 11 heteroatoms. The molecule has 0 aromatic heterocycles. The molecule has 0 bridgehead atoms. The monoisotopic (exact) mass is 378 g/mol. The van der Waals surface area contributed by atoms with Crippen LogP contribution in [0.4, 0.5) is 20.2 Å². The molecule has 3 N–H and O–H groups in total. The van der Waals surface area contributed by atoms with Gasteiger partial charge in [0.2, 0.25) is 10.0 Å². The molecule has 0 radical (unpaired) electrons. The summed E-state index contributed by atoms with van der Waals surface area (Å²) in [5.41, 5.74) is -0.280. The Morgan fingerprint density at radius 2 is 2.08 bits per heavy atom. The number of rotatable bonds is 7. The topological polar surface area (TPSA) is 119 Å². The molecule has 1 fully saturated rings. The van der Waals surface area contributed by atoms with E-state index in [-0.39, 0.29) is 16.6 Å². The Morgan fingerprint density at radius 3 is 2.64 bits per heavy atom. The molecule has 1 heterocycles. The number of nitrogens with zero attached hydrogens (tertiary/aromatic N) is 2. The Morgan fingerprint density at radius 1 is 1.40 bits per heavy atom. The molecule has 0 amide bonds. The van der Waals surface area contributed by atoms with Crippen LogP contribution >= 0.6 is 0 Å². The molecular weight excluding hydrogens is 358 g/mol. The van der Waals surface area contributed by atoms with Gasteiger partial charge in [0, 0.05) is 18.7 Å². The molecular formula is C14H20F2N4O4S. The SMILES string of the molecule is NS(=O)(=O)c1ccc(N[C@@H]2CCCN(C(CF)CF)C2)c([N+](=O)[O-])c1. The zero-order valence-corrected chi connectivity index (χ0v) is 14.2. The fourth-order valence-corrected chi connectivity index (χ4v) is 3.41. The van der Waals surface area contributed by atoms with Crippen LogP contribution in [0.15, 0.2) is 23.1 Å². The molecule has 0 unspecified atom stereocenters. The van der Waals surface area contributed by atoms with Gasteiger partial charge in [-0.25, -0.2) is 22.3 Å². The number of anilines is 1. The molecule has 1 atom stereocenters. The van der Waals surface area contributed by atoms with E-state index < -0.39 is 40.0 Å². The van der Waals surface area contributed by atoms with E-state index >= 15 is 0 Å². The minimum absolute atomic E-state index is 0.140. The average Bonchev–Trinajstić information content (AvgIpc) is 2.55. The van der Waals surface area contributed by atoms with Crippen LogP contribution in [0.1, 0.15) is 12.8 Å².